The fraction of sp³-hybridized carbons (Fsp3) is 0.567. The number of rotatable bonds is 6. The average Bonchev–Trinajstić information content (AvgIpc) is 2.85. The van der Waals surface area contributed by atoms with Gasteiger partial charge in [-0.05, 0) is 90.8 Å². The summed E-state index contributed by atoms with van der Waals surface area (Å²) in [7, 11) is 0. The highest BCUT2D eigenvalue weighted by Gasteiger charge is 2.40. The summed E-state index contributed by atoms with van der Waals surface area (Å²) in [6.07, 6.45) is 7.79. The number of hydrogen-bond donors (Lipinski definition) is 1. The number of benzene rings is 2. The maximum absolute atomic E-state index is 13.0. The molecule has 6 rings (SSSR count). The number of amides is 1. The number of carbonyl (C=O) groups is 1. The lowest BCUT2D eigenvalue weighted by molar-refractivity contribution is -0.0353. The van der Waals surface area contributed by atoms with E-state index in [1.165, 1.54) is 40.7 Å². The quantitative estimate of drug-likeness (QED) is 0.533. The van der Waals surface area contributed by atoms with E-state index in [2.05, 4.69) is 73.5 Å². The van der Waals surface area contributed by atoms with E-state index in [-0.39, 0.29) is 23.7 Å². The van der Waals surface area contributed by atoms with Crippen molar-refractivity contribution < 1.29 is 9.53 Å². The number of aryl methyl sites for hydroxylation is 2. The monoisotopic (exact) mass is 460 g/mol. The molecule has 3 aliphatic heterocycles. The minimum atomic E-state index is -0.253. The van der Waals surface area contributed by atoms with Gasteiger partial charge in [-0.1, -0.05) is 69.7 Å². The summed E-state index contributed by atoms with van der Waals surface area (Å²) >= 11 is 0. The van der Waals surface area contributed by atoms with Crippen molar-refractivity contribution in [3.05, 3.63) is 59.2 Å². The lowest BCUT2D eigenvalue weighted by atomic mass is 9.70. The smallest absolute Gasteiger partial charge is 0.407 e. The minimum absolute atomic E-state index is 0.0104. The van der Waals surface area contributed by atoms with E-state index in [4.69, 9.17) is 4.74 Å². The minimum Gasteiger partial charge on any atom is -0.445 e. The molecule has 3 heterocycles. The zero-order valence-corrected chi connectivity index (χ0v) is 21.1. The first kappa shape index (κ1) is 23.4. The van der Waals surface area contributed by atoms with Crippen LogP contribution in [0.1, 0.15) is 75.6 Å². The van der Waals surface area contributed by atoms with Crippen LogP contribution in [0.5, 0.6) is 0 Å². The lowest BCUT2D eigenvalue weighted by Gasteiger charge is -2.44. The highest BCUT2D eigenvalue weighted by Crippen LogP contribution is 2.44. The number of alkyl carbamates (subject to hydrolysis) is 1. The van der Waals surface area contributed by atoms with Crippen molar-refractivity contribution in [2.24, 2.45) is 11.3 Å². The van der Waals surface area contributed by atoms with Gasteiger partial charge in [0.25, 0.3) is 0 Å². The maximum Gasteiger partial charge on any atom is 0.407 e. The van der Waals surface area contributed by atoms with Crippen molar-refractivity contribution in [3.63, 3.8) is 0 Å². The molecule has 1 N–H and O–H groups in total. The van der Waals surface area contributed by atoms with Gasteiger partial charge in [-0.2, -0.15) is 0 Å². The van der Waals surface area contributed by atoms with E-state index in [1.807, 2.05) is 0 Å². The van der Waals surface area contributed by atoms with Gasteiger partial charge in [0, 0.05) is 6.54 Å². The molecule has 1 amide bonds. The molecule has 182 valence electrons. The molecule has 2 aromatic carbocycles. The Kier molecular flexibility index (Phi) is 6.70. The summed E-state index contributed by atoms with van der Waals surface area (Å²) < 4.78 is 5.98. The summed E-state index contributed by atoms with van der Waals surface area (Å²) in [5, 5.41) is 3.28. The normalized spacial score (nSPS) is 27.1. The van der Waals surface area contributed by atoms with E-state index in [0.29, 0.717) is 5.92 Å². The first-order valence-electron chi connectivity index (χ1n) is 13.3. The number of piperidine rings is 3. The van der Waals surface area contributed by atoms with Crippen molar-refractivity contribution in [3.8, 4) is 11.1 Å². The molecule has 0 unspecified atom stereocenters. The predicted octanol–water partition coefficient (Wildman–Crippen LogP) is 6.53. The lowest BCUT2D eigenvalue weighted by Crippen LogP contribution is -2.53. The third kappa shape index (κ3) is 4.88. The highest BCUT2D eigenvalue weighted by atomic mass is 16.6. The van der Waals surface area contributed by atoms with Gasteiger partial charge in [0.15, 0.2) is 0 Å². The predicted molar refractivity (Wildman–Crippen MR) is 138 cm³/mol. The second-order valence-corrected chi connectivity index (χ2v) is 11.4. The molecule has 0 radical (unpaired) electrons. The molecular weight excluding hydrogens is 420 g/mol. The Bertz CT molecular complexity index is 1000. The van der Waals surface area contributed by atoms with Crippen LogP contribution in [0, 0.1) is 11.3 Å². The molecule has 2 aromatic rings. The van der Waals surface area contributed by atoms with Gasteiger partial charge in [-0.25, -0.2) is 4.79 Å². The molecule has 4 nitrogen and oxygen atoms in total. The zero-order valence-electron chi connectivity index (χ0n) is 21.1. The Morgan fingerprint density at radius 1 is 1.09 bits per heavy atom. The van der Waals surface area contributed by atoms with E-state index in [0.717, 1.165) is 51.7 Å². The Morgan fingerprint density at radius 2 is 1.82 bits per heavy atom. The number of ether oxygens (including phenoxy) is 1. The molecule has 3 saturated heterocycles. The molecule has 1 aliphatic carbocycles. The average molecular weight is 461 g/mol. The van der Waals surface area contributed by atoms with Gasteiger partial charge in [0.1, 0.15) is 6.10 Å². The van der Waals surface area contributed by atoms with Gasteiger partial charge in [0.05, 0.1) is 6.04 Å². The van der Waals surface area contributed by atoms with Crippen molar-refractivity contribution in [1.29, 1.82) is 0 Å². The Morgan fingerprint density at radius 3 is 2.50 bits per heavy atom. The maximum atomic E-state index is 13.0. The Balaban J connectivity index is 1.31. The van der Waals surface area contributed by atoms with Gasteiger partial charge < -0.3 is 10.1 Å². The molecule has 0 spiro atoms. The van der Waals surface area contributed by atoms with Crippen molar-refractivity contribution in [2.75, 3.05) is 19.6 Å². The molecule has 34 heavy (non-hydrogen) atoms. The second-order valence-electron chi connectivity index (χ2n) is 11.4. The topological polar surface area (TPSA) is 41.6 Å². The van der Waals surface area contributed by atoms with Crippen LogP contribution in [0.15, 0.2) is 42.5 Å². The van der Waals surface area contributed by atoms with Crippen LogP contribution in [0.4, 0.5) is 4.79 Å². The number of nitrogens with zero attached hydrogens (tertiary/aromatic N) is 1. The van der Waals surface area contributed by atoms with Crippen LogP contribution in [-0.2, 0) is 17.6 Å². The van der Waals surface area contributed by atoms with Crippen LogP contribution in [-0.4, -0.2) is 36.7 Å². The van der Waals surface area contributed by atoms with E-state index in [1.54, 1.807) is 0 Å². The fourth-order valence-electron chi connectivity index (χ4n) is 6.16. The van der Waals surface area contributed by atoms with Gasteiger partial charge >= 0.3 is 6.09 Å². The van der Waals surface area contributed by atoms with E-state index in [9.17, 15) is 4.79 Å². The number of unbranched alkanes of at least 4 members (excludes halogenated alkanes) is 1. The zero-order chi connectivity index (χ0) is 23.7. The summed E-state index contributed by atoms with van der Waals surface area (Å²) in [5.74, 6) is 0.526. The Hall–Kier alpha value is -2.33. The fourth-order valence-corrected chi connectivity index (χ4v) is 6.16. The number of nitrogens with one attached hydrogen (secondary N) is 1. The molecule has 0 saturated carbocycles. The SMILES string of the molecule is CCCCc1ccc(-c2ccc3c(c2)CCC(C)(C)[C@H]3NC(=O)O[C@H]2CN3CCC2CC3)cc1. The van der Waals surface area contributed by atoms with Crippen molar-refractivity contribution in [2.45, 2.75) is 77.9 Å². The molecule has 4 aliphatic rings. The number of hydrogen-bond acceptors (Lipinski definition) is 3. The van der Waals surface area contributed by atoms with Crippen LogP contribution >= 0.6 is 0 Å². The van der Waals surface area contributed by atoms with E-state index < -0.39 is 0 Å². The molecule has 0 aromatic heterocycles. The van der Waals surface area contributed by atoms with Crippen LogP contribution in [0.3, 0.4) is 0 Å². The van der Waals surface area contributed by atoms with Crippen molar-refractivity contribution >= 4 is 6.09 Å². The van der Waals surface area contributed by atoms with Gasteiger partial charge in [-0.15, -0.1) is 0 Å². The summed E-state index contributed by atoms with van der Waals surface area (Å²) in [5.41, 5.74) is 6.51. The highest BCUT2D eigenvalue weighted by molar-refractivity contribution is 5.70. The summed E-state index contributed by atoms with van der Waals surface area (Å²) in [6.45, 7) is 9.96. The van der Waals surface area contributed by atoms with Crippen LogP contribution in [0.25, 0.3) is 11.1 Å². The summed E-state index contributed by atoms with van der Waals surface area (Å²) in [6, 6.07) is 15.8. The van der Waals surface area contributed by atoms with Crippen molar-refractivity contribution in [1.82, 2.24) is 10.2 Å². The first-order valence-corrected chi connectivity index (χ1v) is 13.3. The van der Waals surface area contributed by atoms with E-state index >= 15 is 0 Å². The third-order valence-corrected chi connectivity index (χ3v) is 8.50. The molecule has 4 heteroatoms. The number of fused-ring (bicyclic) bond motifs is 4. The van der Waals surface area contributed by atoms with Crippen LogP contribution < -0.4 is 5.32 Å². The molecular formula is C30H40N2O2. The second kappa shape index (κ2) is 9.73. The molecule has 3 fully saturated rings. The standard InChI is InChI=1S/C30H40N2O2/c1-4-5-6-21-7-9-22(10-8-21)24-11-12-26-25(19-24)13-16-30(2,3)28(26)31-29(33)34-27-20-32-17-14-23(27)15-18-32/h7-12,19,23,27-28H,4-6,13-18,20H2,1-3H3,(H,31,33)/t27-,28-/m0/s1. The summed E-state index contributed by atoms with van der Waals surface area (Å²) in [4.78, 5) is 15.4. The third-order valence-electron chi connectivity index (χ3n) is 8.50. The first-order chi connectivity index (χ1) is 16.4. The van der Waals surface area contributed by atoms with Crippen LogP contribution in [0.2, 0.25) is 0 Å². The number of carbonyl (C=O) groups excluding carboxylic acids is 1. The Labute approximate surface area is 205 Å². The molecule has 2 atom stereocenters. The largest absolute Gasteiger partial charge is 0.445 e. The molecule has 2 bridgehead atoms. The van der Waals surface area contributed by atoms with Gasteiger partial charge in [0.2, 0.25) is 0 Å². The van der Waals surface area contributed by atoms with Gasteiger partial charge in [-0.3, -0.25) is 4.90 Å².